The molecular weight excluding hydrogens is 332 g/mol. The molecule has 0 radical (unpaired) electrons. The molecule has 0 spiro atoms. The first-order chi connectivity index (χ1) is 7.70. The van der Waals surface area contributed by atoms with Gasteiger partial charge in [0.1, 0.15) is 0 Å². The minimum absolute atomic E-state index is 0.910. The molecule has 0 N–H and O–H groups in total. The lowest BCUT2D eigenvalue weighted by molar-refractivity contribution is 1.09. The third-order valence-electron chi connectivity index (χ3n) is 2.28. The quantitative estimate of drug-likeness (QED) is 0.816. The van der Waals surface area contributed by atoms with Crippen molar-refractivity contribution in [1.82, 2.24) is 9.97 Å². The Bertz CT molecular complexity index is 495. The average molecular weight is 342 g/mol. The Morgan fingerprint density at radius 3 is 2.44 bits per heavy atom. The van der Waals surface area contributed by atoms with E-state index in [1.807, 2.05) is 12.1 Å². The van der Waals surface area contributed by atoms with Crippen LogP contribution in [0, 0.1) is 0 Å². The van der Waals surface area contributed by atoms with E-state index in [1.54, 1.807) is 12.4 Å². The van der Waals surface area contributed by atoms with Crippen LogP contribution in [-0.4, -0.2) is 9.97 Å². The highest BCUT2D eigenvalue weighted by molar-refractivity contribution is 9.10. The SMILES string of the molecule is CCc1cc(Br)cnc1-c1ccc(Br)cn1. The van der Waals surface area contributed by atoms with Crippen molar-refractivity contribution in [2.24, 2.45) is 0 Å². The Hall–Kier alpha value is -0.740. The molecule has 82 valence electrons. The molecule has 16 heavy (non-hydrogen) atoms. The number of aromatic nitrogens is 2. The van der Waals surface area contributed by atoms with Crippen molar-refractivity contribution in [2.75, 3.05) is 0 Å². The van der Waals surface area contributed by atoms with Crippen molar-refractivity contribution in [3.05, 3.63) is 45.1 Å². The van der Waals surface area contributed by atoms with E-state index in [4.69, 9.17) is 0 Å². The molecule has 0 aromatic carbocycles. The highest BCUT2D eigenvalue weighted by Crippen LogP contribution is 2.23. The second kappa shape index (κ2) is 5.06. The van der Waals surface area contributed by atoms with Gasteiger partial charge >= 0.3 is 0 Å². The first-order valence-corrected chi connectivity index (χ1v) is 6.55. The van der Waals surface area contributed by atoms with E-state index in [1.165, 1.54) is 5.56 Å². The number of rotatable bonds is 2. The zero-order valence-corrected chi connectivity index (χ0v) is 11.9. The molecule has 0 saturated carbocycles. The van der Waals surface area contributed by atoms with E-state index in [0.29, 0.717) is 0 Å². The van der Waals surface area contributed by atoms with Crippen molar-refractivity contribution in [3.8, 4) is 11.4 Å². The van der Waals surface area contributed by atoms with Gasteiger partial charge in [0.05, 0.1) is 11.4 Å². The van der Waals surface area contributed by atoms with Crippen molar-refractivity contribution < 1.29 is 0 Å². The summed E-state index contributed by atoms with van der Waals surface area (Å²) in [5.74, 6) is 0. The Kier molecular flexibility index (Phi) is 3.71. The minimum atomic E-state index is 0.910. The lowest BCUT2D eigenvalue weighted by atomic mass is 10.1. The zero-order chi connectivity index (χ0) is 11.5. The predicted molar refractivity (Wildman–Crippen MR) is 72.2 cm³/mol. The summed E-state index contributed by atoms with van der Waals surface area (Å²) in [4.78, 5) is 8.79. The Morgan fingerprint density at radius 1 is 1.06 bits per heavy atom. The zero-order valence-electron chi connectivity index (χ0n) is 8.74. The summed E-state index contributed by atoms with van der Waals surface area (Å²) < 4.78 is 1.98. The topological polar surface area (TPSA) is 25.8 Å². The van der Waals surface area contributed by atoms with Crippen LogP contribution in [0.4, 0.5) is 0 Å². The van der Waals surface area contributed by atoms with Crippen molar-refractivity contribution >= 4 is 31.9 Å². The van der Waals surface area contributed by atoms with Gasteiger partial charge < -0.3 is 0 Å². The first-order valence-electron chi connectivity index (χ1n) is 4.97. The number of aryl methyl sites for hydroxylation is 1. The van der Waals surface area contributed by atoms with Gasteiger partial charge in [-0.05, 0) is 62.0 Å². The van der Waals surface area contributed by atoms with E-state index in [-0.39, 0.29) is 0 Å². The van der Waals surface area contributed by atoms with Crippen LogP contribution in [0.25, 0.3) is 11.4 Å². The summed E-state index contributed by atoms with van der Waals surface area (Å²) in [6.07, 6.45) is 4.54. The highest BCUT2D eigenvalue weighted by atomic mass is 79.9. The largest absolute Gasteiger partial charge is 0.253 e. The van der Waals surface area contributed by atoms with Crippen LogP contribution < -0.4 is 0 Å². The van der Waals surface area contributed by atoms with Gasteiger partial charge in [-0.25, -0.2) is 0 Å². The van der Waals surface area contributed by atoms with Crippen LogP contribution in [0.1, 0.15) is 12.5 Å². The minimum Gasteiger partial charge on any atom is -0.253 e. The fraction of sp³-hybridized carbons (Fsp3) is 0.167. The monoisotopic (exact) mass is 340 g/mol. The molecule has 0 aliphatic rings. The Morgan fingerprint density at radius 2 is 1.81 bits per heavy atom. The number of nitrogens with zero attached hydrogens (tertiary/aromatic N) is 2. The van der Waals surface area contributed by atoms with Crippen LogP contribution in [0.2, 0.25) is 0 Å². The van der Waals surface area contributed by atoms with Gasteiger partial charge in [0, 0.05) is 21.3 Å². The van der Waals surface area contributed by atoms with Crippen LogP contribution >= 0.6 is 31.9 Å². The van der Waals surface area contributed by atoms with Gasteiger partial charge in [0.2, 0.25) is 0 Å². The molecule has 0 fully saturated rings. The fourth-order valence-corrected chi connectivity index (χ4v) is 2.11. The van der Waals surface area contributed by atoms with E-state index >= 15 is 0 Å². The standard InChI is InChI=1S/C12H10Br2N2/c1-2-8-5-10(14)7-16-12(8)11-4-3-9(13)6-15-11/h3-7H,2H2,1H3. The van der Waals surface area contributed by atoms with Crippen LogP contribution in [0.15, 0.2) is 39.5 Å². The summed E-state index contributed by atoms with van der Waals surface area (Å²) in [6.45, 7) is 2.12. The smallest absolute Gasteiger partial charge is 0.0918 e. The van der Waals surface area contributed by atoms with Gasteiger partial charge in [-0.15, -0.1) is 0 Å². The van der Waals surface area contributed by atoms with Crippen molar-refractivity contribution in [3.63, 3.8) is 0 Å². The van der Waals surface area contributed by atoms with Crippen molar-refractivity contribution in [1.29, 1.82) is 0 Å². The van der Waals surface area contributed by atoms with E-state index < -0.39 is 0 Å². The summed E-state index contributed by atoms with van der Waals surface area (Å²) >= 11 is 6.81. The summed E-state index contributed by atoms with van der Waals surface area (Å²) in [5.41, 5.74) is 3.06. The summed E-state index contributed by atoms with van der Waals surface area (Å²) in [7, 11) is 0. The molecule has 0 atom stereocenters. The maximum atomic E-state index is 4.42. The molecule has 2 nitrogen and oxygen atoms in total. The summed E-state index contributed by atoms with van der Waals surface area (Å²) in [6, 6.07) is 6.04. The Balaban J connectivity index is 2.51. The molecule has 2 rings (SSSR count). The van der Waals surface area contributed by atoms with E-state index in [2.05, 4.69) is 54.8 Å². The van der Waals surface area contributed by atoms with Gasteiger partial charge in [-0.2, -0.15) is 0 Å². The summed E-state index contributed by atoms with van der Waals surface area (Å²) in [5, 5.41) is 0. The lowest BCUT2D eigenvalue weighted by Crippen LogP contribution is -1.93. The van der Waals surface area contributed by atoms with Crippen LogP contribution in [-0.2, 0) is 6.42 Å². The molecule has 0 unspecified atom stereocenters. The molecular formula is C12H10Br2N2. The fourth-order valence-electron chi connectivity index (χ4n) is 1.50. The third-order valence-corrected chi connectivity index (χ3v) is 3.19. The van der Waals surface area contributed by atoms with Gasteiger partial charge in [-0.3, -0.25) is 9.97 Å². The highest BCUT2D eigenvalue weighted by Gasteiger charge is 2.07. The number of pyridine rings is 2. The molecule has 0 aliphatic heterocycles. The number of hydrogen-bond acceptors (Lipinski definition) is 2. The number of hydrogen-bond donors (Lipinski definition) is 0. The maximum absolute atomic E-state index is 4.42. The number of halogens is 2. The molecule has 0 bridgehead atoms. The van der Waals surface area contributed by atoms with Crippen LogP contribution in [0.3, 0.4) is 0 Å². The lowest BCUT2D eigenvalue weighted by Gasteiger charge is -2.06. The molecule has 4 heteroatoms. The second-order valence-corrected chi connectivity index (χ2v) is 5.21. The van der Waals surface area contributed by atoms with Crippen molar-refractivity contribution in [2.45, 2.75) is 13.3 Å². The average Bonchev–Trinajstić information content (AvgIpc) is 2.30. The molecule has 2 heterocycles. The molecule has 0 aliphatic carbocycles. The molecule has 2 aromatic rings. The van der Waals surface area contributed by atoms with Gasteiger partial charge in [0.25, 0.3) is 0 Å². The Labute approximate surface area is 111 Å². The van der Waals surface area contributed by atoms with E-state index in [9.17, 15) is 0 Å². The molecule has 0 saturated heterocycles. The normalized spacial score (nSPS) is 10.4. The van der Waals surface area contributed by atoms with Crippen LogP contribution in [0.5, 0.6) is 0 Å². The first kappa shape index (κ1) is 11.7. The molecule has 2 aromatic heterocycles. The van der Waals surface area contributed by atoms with Gasteiger partial charge in [-0.1, -0.05) is 6.92 Å². The van der Waals surface area contributed by atoms with E-state index in [0.717, 1.165) is 26.8 Å². The maximum Gasteiger partial charge on any atom is 0.0918 e. The van der Waals surface area contributed by atoms with Gasteiger partial charge in [0.15, 0.2) is 0 Å². The molecule has 0 amide bonds. The second-order valence-electron chi connectivity index (χ2n) is 3.38. The third kappa shape index (κ3) is 2.50. The predicted octanol–water partition coefficient (Wildman–Crippen LogP) is 4.23.